The van der Waals surface area contributed by atoms with Gasteiger partial charge in [-0.25, -0.2) is 4.39 Å². The van der Waals surface area contributed by atoms with Crippen molar-refractivity contribution in [2.45, 2.75) is 6.29 Å². The fourth-order valence-electron chi connectivity index (χ4n) is 1.25. The lowest BCUT2D eigenvalue weighted by Crippen LogP contribution is -2.13. The quantitative estimate of drug-likeness (QED) is 0.722. The number of hydrogen-bond acceptors (Lipinski definition) is 3. The second kappa shape index (κ2) is 6.25. The van der Waals surface area contributed by atoms with E-state index in [2.05, 4.69) is 0 Å². The Balaban J connectivity index is 2.80. The monoisotopic (exact) mass is 226 g/mol. The first-order valence-corrected chi connectivity index (χ1v) is 4.78. The van der Waals surface area contributed by atoms with E-state index in [1.165, 1.54) is 20.3 Å². The lowest BCUT2D eigenvalue weighted by Gasteiger charge is -2.10. The van der Waals surface area contributed by atoms with Crippen molar-refractivity contribution in [2.75, 3.05) is 21.3 Å². The van der Waals surface area contributed by atoms with E-state index >= 15 is 0 Å². The van der Waals surface area contributed by atoms with Gasteiger partial charge in [0.2, 0.25) is 6.29 Å². The van der Waals surface area contributed by atoms with Gasteiger partial charge in [-0.2, -0.15) is 0 Å². The second-order valence-corrected chi connectivity index (χ2v) is 3.11. The SMILES string of the molecule is COc1ccc(/C=C(\F)C(OC)OC)cc1. The number of ether oxygens (including phenoxy) is 3. The van der Waals surface area contributed by atoms with Crippen molar-refractivity contribution < 1.29 is 18.6 Å². The molecule has 0 spiro atoms. The Labute approximate surface area is 94.4 Å². The van der Waals surface area contributed by atoms with E-state index in [1.54, 1.807) is 31.4 Å². The molecule has 0 saturated heterocycles. The molecule has 0 aliphatic rings. The fraction of sp³-hybridized carbons (Fsp3) is 0.333. The molecule has 0 aliphatic carbocycles. The highest BCUT2D eigenvalue weighted by molar-refractivity contribution is 5.52. The van der Waals surface area contributed by atoms with Crippen LogP contribution in [-0.2, 0) is 9.47 Å². The summed E-state index contributed by atoms with van der Waals surface area (Å²) in [5.74, 6) is 0.253. The van der Waals surface area contributed by atoms with Gasteiger partial charge in [0.15, 0.2) is 5.83 Å². The molecule has 1 rings (SSSR count). The first-order chi connectivity index (χ1) is 7.71. The zero-order valence-corrected chi connectivity index (χ0v) is 9.57. The summed E-state index contributed by atoms with van der Waals surface area (Å²) in [6, 6.07) is 7.02. The van der Waals surface area contributed by atoms with E-state index in [0.29, 0.717) is 0 Å². The van der Waals surface area contributed by atoms with Crippen molar-refractivity contribution in [3.63, 3.8) is 0 Å². The van der Waals surface area contributed by atoms with Gasteiger partial charge in [0, 0.05) is 14.2 Å². The highest BCUT2D eigenvalue weighted by atomic mass is 19.1. The summed E-state index contributed by atoms with van der Waals surface area (Å²) in [6.07, 6.45) is 0.402. The highest BCUT2D eigenvalue weighted by Gasteiger charge is 2.11. The first kappa shape index (κ1) is 12.7. The summed E-state index contributed by atoms with van der Waals surface area (Å²) < 4.78 is 28.1. The maximum atomic E-state index is 13.5. The minimum Gasteiger partial charge on any atom is -0.497 e. The third-order valence-electron chi connectivity index (χ3n) is 2.07. The predicted octanol–water partition coefficient (Wildman–Crippen LogP) is 2.62. The van der Waals surface area contributed by atoms with Gasteiger partial charge in [-0.15, -0.1) is 0 Å². The number of methoxy groups -OCH3 is 3. The molecule has 3 nitrogen and oxygen atoms in total. The molecule has 4 heteroatoms. The Hall–Kier alpha value is -1.39. The molecule has 0 unspecified atom stereocenters. The van der Waals surface area contributed by atoms with Gasteiger partial charge >= 0.3 is 0 Å². The number of rotatable bonds is 5. The topological polar surface area (TPSA) is 27.7 Å². The molecule has 0 aliphatic heterocycles. The molecule has 1 aromatic rings. The van der Waals surface area contributed by atoms with E-state index in [1.807, 2.05) is 0 Å². The molecule has 0 fully saturated rings. The van der Waals surface area contributed by atoms with Crippen LogP contribution in [-0.4, -0.2) is 27.6 Å². The molecule has 1 aromatic carbocycles. The van der Waals surface area contributed by atoms with Crippen LogP contribution >= 0.6 is 0 Å². The average Bonchev–Trinajstić information content (AvgIpc) is 2.31. The molecular weight excluding hydrogens is 211 g/mol. The zero-order chi connectivity index (χ0) is 12.0. The Morgan fingerprint density at radius 2 is 1.69 bits per heavy atom. The molecule has 0 atom stereocenters. The lowest BCUT2D eigenvalue weighted by atomic mass is 10.2. The molecule has 0 radical (unpaired) electrons. The van der Waals surface area contributed by atoms with Gasteiger partial charge in [0.1, 0.15) is 5.75 Å². The van der Waals surface area contributed by atoms with Crippen molar-refractivity contribution in [3.05, 3.63) is 35.7 Å². The minimum atomic E-state index is -0.956. The van der Waals surface area contributed by atoms with Crippen molar-refractivity contribution >= 4 is 6.08 Å². The molecule has 0 saturated carbocycles. The number of benzene rings is 1. The van der Waals surface area contributed by atoms with Gasteiger partial charge in [-0.1, -0.05) is 12.1 Å². The van der Waals surface area contributed by atoms with Gasteiger partial charge in [-0.3, -0.25) is 0 Å². The highest BCUT2D eigenvalue weighted by Crippen LogP contribution is 2.17. The largest absolute Gasteiger partial charge is 0.497 e. The van der Waals surface area contributed by atoms with Gasteiger partial charge in [0.25, 0.3) is 0 Å². The van der Waals surface area contributed by atoms with Crippen molar-refractivity contribution in [3.8, 4) is 5.75 Å². The van der Waals surface area contributed by atoms with Crippen LogP contribution in [0.2, 0.25) is 0 Å². The van der Waals surface area contributed by atoms with Crippen molar-refractivity contribution in [1.29, 1.82) is 0 Å². The Bertz CT molecular complexity index is 342. The normalized spacial score (nSPS) is 11.9. The van der Waals surface area contributed by atoms with E-state index in [0.717, 1.165) is 11.3 Å². The average molecular weight is 226 g/mol. The summed E-state index contributed by atoms with van der Waals surface area (Å²) >= 11 is 0. The van der Waals surface area contributed by atoms with Gasteiger partial charge in [0.05, 0.1) is 7.11 Å². The molecule has 0 N–H and O–H groups in total. The van der Waals surface area contributed by atoms with Crippen LogP contribution in [0.15, 0.2) is 30.1 Å². The third kappa shape index (κ3) is 3.32. The summed E-state index contributed by atoms with van der Waals surface area (Å²) in [7, 11) is 4.35. The second-order valence-electron chi connectivity index (χ2n) is 3.11. The molecule has 0 heterocycles. The molecule has 16 heavy (non-hydrogen) atoms. The van der Waals surface area contributed by atoms with Crippen LogP contribution in [0, 0.1) is 0 Å². The molecule has 0 bridgehead atoms. The summed E-state index contributed by atoms with van der Waals surface area (Å²) in [4.78, 5) is 0. The van der Waals surface area contributed by atoms with Crippen molar-refractivity contribution in [1.82, 2.24) is 0 Å². The molecule has 0 amide bonds. The zero-order valence-electron chi connectivity index (χ0n) is 9.57. The predicted molar refractivity (Wildman–Crippen MR) is 59.9 cm³/mol. The summed E-state index contributed by atoms with van der Waals surface area (Å²) in [6.45, 7) is 0. The smallest absolute Gasteiger partial charge is 0.210 e. The van der Waals surface area contributed by atoms with Crippen LogP contribution in [0.4, 0.5) is 4.39 Å². The standard InChI is InChI=1S/C12H15FO3/c1-14-10-6-4-9(5-7-10)8-11(13)12(15-2)16-3/h4-8,12H,1-3H3/b11-8-. The van der Waals surface area contributed by atoms with Crippen molar-refractivity contribution in [2.24, 2.45) is 0 Å². The van der Waals surface area contributed by atoms with Crippen LogP contribution < -0.4 is 4.74 Å². The van der Waals surface area contributed by atoms with E-state index in [-0.39, 0.29) is 0 Å². The van der Waals surface area contributed by atoms with Crippen LogP contribution in [0.25, 0.3) is 6.08 Å². The summed E-state index contributed by atoms with van der Waals surface area (Å²) in [5, 5.41) is 0. The number of hydrogen-bond donors (Lipinski definition) is 0. The Morgan fingerprint density at radius 3 is 2.12 bits per heavy atom. The number of halogens is 1. The first-order valence-electron chi connectivity index (χ1n) is 4.78. The lowest BCUT2D eigenvalue weighted by molar-refractivity contribution is -0.0862. The minimum absolute atomic E-state index is 0.477. The van der Waals surface area contributed by atoms with Gasteiger partial charge < -0.3 is 14.2 Å². The van der Waals surface area contributed by atoms with Crippen LogP contribution in [0.3, 0.4) is 0 Å². The molecule has 0 aromatic heterocycles. The maximum absolute atomic E-state index is 13.5. The Morgan fingerprint density at radius 1 is 1.12 bits per heavy atom. The van der Waals surface area contributed by atoms with E-state index < -0.39 is 12.1 Å². The van der Waals surface area contributed by atoms with E-state index in [4.69, 9.17) is 14.2 Å². The van der Waals surface area contributed by atoms with Crippen LogP contribution in [0.5, 0.6) is 5.75 Å². The Kier molecular flexibility index (Phi) is 4.95. The fourth-order valence-corrected chi connectivity index (χ4v) is 1.25. The third-order valence-corrected chi connectivity index (χ3v) is 2.07. The maximum Gasteiger partial charge on any atom is 0.210 e. The van der Waals surface area contributed by atoms with E-state index in [9.17, 15) is 4.39 Å². The molecule has 88 valence electrons. The van der Waals surface area contributed by atoms with Gasteiger partial charge in [-0.05, 0) is 23.8 Å². The molecular formula is C12H15FO3. The van der Waals surface area contributed by atoms with Crippen LogP contribution in [0.1, 0.15) is 5.56 Å². The summed E-state index contributed by atoms with van der Waals surface area (Å²) in [5.41, 5.74) is 0.720.